The van der Waals surface area contributed by atoms with Gasteiger partial charge in [0.15, 0.2) is 0 Å². The summed E-state index contributed by atoms with van der Waals surface area (Å²) in [4.78, 5) is 11.5. The van der Waals surface area contributed by atoms with Crippen LogP contribution in [0.25, 0.3) is 6.08 Å². The molecule has 0 aliphatic heterocycles. The zero-order valence-corrected chi connectivity index (χ0v) is 11.9. The summed E-state index contributed by atoms with van der Waals surface area (Å²) in [6, 6.07) is 5.29. The standard InChI is InChI=1S/C15H18F3NO2/c1-3-11(2)10-19-14(20)9-6-12-4-7-13(8-5-12)21-15(16,17)18/h4-9,11H,3,10H2,1-2H3,(H,19,20)/b9-6+. The molecule has 1 rings (SSSR count). The van der Waals surface area contributed by atoms with Gasteiger partial charge in [-0.05, 0) is 29.7 Å². The van der Waals surface area contributed by atoms with Crippen molar-refractivity contribution in [2.24, 2.45) is 5.92 Å². The second-order valence-electron chi connectivity index (χ2n) is 4.71. The normalized spacial score (nSPS) is 13.2. The molecule has 0 fully saturated rings. The third kappa shape index (κ3) is 7.39. The van der Waals surface area contributed by atoms with E-state index in [-0.39, 0.29) is 11.7 Å². The molecule has 1 atom stereocenters. The summed E-state index contributed by atoms with van der Waals surface area (Å²) in [5, 5.41) is 2.75. The van der Waals surface area contributed by atoms with Gasteiger partial charge in [0.25, 0.3) is 0 Å². The van der Waals surface area contributed by atoms with E-state index in [0.29, 0.717) is 18.0 Å². The molecule has 0 spiro atoms. The molecule has 0 aliphatic carbocycles. The highest BCUT2D eigenvalue weighted by molar-refractivity contribution is 5.91. The molecule has 21 heavy (non-hydrogen) atoms. The van der Waals surface area contributed by atoms with E-state index in [9.17, 15) is 18.0 Å². The molecule has 1 aromatic carbocycles. The Hall–Kier alpha value is -1.98. The van der Waals surface area contributed by atoms with Gasteiger partial charge in [-0.2, -0.15) is 0 Å². The van der Waals surface area contributed by atoms with Gasteiger partial charge in [0.05, 0.1) is 0 Å². The first-order chi connectivity index (χ1) is 9.80. The van der Waals surface area contributed by atoms with E-state index in [1.807, 2.05) is 13.8 Å². The number of rotatable bonds is 6. The average molecular weight is 301 g/mol. The maximum atomic E-state index is 12.0. The van der Waals surface area contributed by atoms with Crippen molar-refractivity contribution < 1.29 is 22.7 Å². The number of hydrogen-bond donors (Lipinski definition) is 1. The Balaban J connectivity index is 2.51. The predicted octanol–water partition coefficient (Wildman–Crippen LogP) is 3.76. The maximum Gasteiger partial charge on any atom is 0.573 e. The predicted molar refractivity (Wildman–Crippen MR) is 74.6 cm³/mol. The van der Waals surface area contributed by atoms with E-state index < -0.39 is 6.36 Å². The lowest BCUT2D eigenvalue weighted by molar-refractivity contribution is -0.274. The molecule has 0 radical (unpaired) electrons. The van der Waals surface area contributed by atoms with Crippen molar-refractivity contribution in [3.05, 3.63) is 35.9 Å². The van der Waals surface area contributed by atoms with Crippen LogP contribution in [0.2, 0.25) is 0 Å². The first-order valence-corrected chi connectivity index (χ1v) is 6.62. The summed E-state index contributed by atoms with van der Waals surface area (Å²) in [5.74, 6) is -0.118. The average Bonchev–Trinajstić information content (AvgIpc) is 2.42. The van der Waals surface area contributed by atoms with Crippen LogP contribution in [0.1, 0.15) is 25.8 Å². The number of ether oxygens (including phenoxy) is 1. The van der Waals surface area contributed by atoms with Crippen molar-refractivity contribution in [2.75, 3.05) is 6.54 Å². The molecule has 3 nitrogen and oxygen atoms in total. The van der Waals surface area contributed by atoms with Crippen molar-refractivity contribution >= 4 is 12.0 Å². The van der Waals surface area contributed by atoms with E-state index >= 15 is 0 Å². The molecule has 0 saturated heterocycles. The quantitative estimate of drug-likeness (QED) is 0.812. The van der Waals surface area contributed by atoms with Crippen LogP contribution in [0.15, 0.2) is 30.3 Å². The second-order valence-corrected chi connectivity index (χ2v) is 4.71. The summed E-state index contributed by atoms with van der Waals surface area (Å²) >= 11 is 0. The lowest BCUT2D eigenvalue weighted by Crippen LogP contribution is -2.26. The molecular weight excluding hydrogens is 283 g/mol. The van der Waals surface area contributed by atoms with Crippen molar-refractivity contribution in [3.63, 3.8) is 0 Å². The van der Waals surface area contributed by atoms with Gasteiger partial charge in [0, 0.05) is 12.6 Å². The Morgan fingerprint density at radius 3 is 2.48 bits per heavy atom. The lowest BCUT2D eigenvalue weighted by atomic mass is 10.1. The van der Waals surface area contributed by atoms with Gasteiger partial charge in [-0.1, -0.05) is 32.4 Å². The topological polar surface area (TPSA) is 38.3 Å². The third-order valence-corrected chi connectivity index (χ3v) is 2.86. The van der Waals surface area contributed by atoms with Gasteiger partial charge < -0.3 is 10.1 Å². The largest absolute Gasteiger partial charge is 0.573 e. The lowest BCUT2D eigenvalue weighted by Gasteiger charge is -2.08. The van der Waals surface area contributed by atoms with Crippen LogP contribution in [0.3, 0.4) is 0 Å². The maximum absolute atomic E-state index is 12.0. The zero-order valence-electron chi connectivity index (χ0n) is 11.9. The Kier molecular flexibility index (Phi) is 6.27. The van der Waals surface area contributed by atoms with Gasteiger partial charge in [0.2, 0.25) is 5.91 Å². The highest BCUT2D eigenvalue weighted by Gasteiger charge is 2.30. The first kappa shape index (κ1) is 17.1. The Morgan fingerprint density at radius 2 is 1.95 bits per heavy atom. The molecule has 1 N–H and O–H groups in total. The van der Waals surface area contributed by atoms with Gasteiger partial charge >= 0.3 is 6.36 Å². The monoisotopic (exact) mass is 301 g/mol. The van der Waals surface area contributed by atoms with Crippen LogP contribution in [-0.4, -0.2) is 18.8 Å². The molecule has 0 heterocycles. The molecule has 1 amide bonds. The van der Waals surface area contributed by atoms with Crippen LogP contribution in [-0.2, 0) is 4.79 Å². The minimum atomic E-state index is -4.70. The number of benzene rings is 1. The highest BCUT2D eigenvalue weighted by Crippen LogP contribution is 2.22. The number of carbonyl (C=O) groups is 1. The van der Waals surface area contributed by atoms with Crippen LogP contribution in [0.4, 0.5) is 13.2 Å². The summed E-state index contributed by atoms with van der Waals surface area (Å²) in [6.07, 6.45) is -0.844. The molecule has 6 heteroatoms. The van der Waals surface area contributed by atoms with Gasteiger partial charge in [-0.25, -0.2) is 0 Å². The molecular formula is C15H18F3NO2. The number of alkyl halides is 3. The molecule has 0 aromatic heterocycles. The smallest absolute Gasteiger partial charge is 0.406 e. The summed E-state index contributed by atoms with van der Waals surface area (Å²) in [5.41, 5.74) is 0.614. The van der Waals surface area contributed by atoms with Crippen molar-refractivity contribution in [1.82, 2.24) is 5.32 Å². The van der Waals surface area contributed by atoms with E-state index in [2.05, 4.69) is 10.1 Å². The molecule has 0 bridgehead atoms. The van der Waals surface area contributed by atoms with Crippen molar-refractivity contribution in [3.8, 4) is 5.75 Å². The molecule has 1 unspecified atom stereocenters. The first-order valence-electron chi connectivity index (χ1n) is 6.62. The van der Waals surface area contributed by atoms with Crippen LogP contribution in [0, 0.1) is 5.92 Å². The minimum absolute atomic E-state index is 0.231. The Labute approximate surface area is 121 Å². The van der Waals surface area contributed by atoms with Gasteiger partial charge in [-0.15, -0.1) is 13.2 Å². The van der Waals surface area contributed by atoms with E-state index in [4.69, 9.17) is 0 Å². The van der Waals surface area contributed by atoms with E-state index in [1.165, 1.54) is 36.4 Å². The van der Waals surface area contributed by atoms with Gasteiger partial charge in [0.1, 0.15) is 5.75 Å². The Bertz CT molecular complexity index is 481. The van der Waals surface area contributed by atoms with E-state index in [0.717, 1.165) is 6.42 Å². The third-order valence-electron chi connectivity index (χ3n) is 2.86. The minimum Gasteiger partial charge on any atom is -0.406 e. The zero-order chi connectivity index (χ0) is 15.9. The number of halogens is 3. The molecule has 0 aliphatic rings. The number of amides is 1. The van der Waals surface area contributed by atoms with Gasteiger partial charge in [-0.3, -0.25) is 4.79 Å². The second kappa shape index (κ2) is 7.71. The fourth-order valence-corrected chi connectivity index (χ4v) is 1.43. The number of nitrogens with one attached hydrogen (secondary N) is 1. The summed E-state index contributed by atoms with van der Waals surface area (Å²) in [6.45, 7) is 4.67. The van der Waals surface area contributed by atoms with E-state index in [1.54, 1.807) is 0 Å². The molecule has 0 saturated carbocycles. The van der Waals surface area contributed by atoms with Crippen molar-refractivity contribution in [2.45, 2.75) is 26.6 Å². The Morgan fingerprint density at radius 1 is 1.33 bits per heavy atom. The summed E-state index contributed by atoms with van der Waals surface area (Å²) < 4.78 is 39.7. The summed E-state index contributed by atoms with van der Waals surface area (Å²) in [7, 11) is 0. The highest BCUT2D eigenvalue weighted by atomic mass is 19.4. The van der Waals surface area contributed by atoms with Crippen LogP contribution >= 0.6 is 0 Å². The molecule has 116 valence electrons. The SMILES string of the molecule is CCC(C)CNC(=O)/C=C/c1ccc(OC(F)(F)F)cc1. The molecule has 1 aromatic rings. The number of carbonyl (C=O) groups excluding carboxylic acids is 1. The van der Waals surface area contributed by atoms with Crippen molar-refractivity contribution in [1.29, 1.82) is 0 Å². The fraction of sp³-hybridized carbons (Fsp3) is 0.400. The fourth-order valence-electron chi connectivity index (χ4n) is 1.43. The van der Waals surface area contributed by atoms with Crippen LogP contribution in [0.5, 0.6) is 5.75 Å². The van der Waals surface area contributed by atoms with Crippen LogP contribution < -0.4 is 10.1 Å². The number of hydrogen-bond acceptors (Lipinski definition) is 2.